The predicted molar refractivity (Wildman–Crippen MR) is 111 cm³/mol. The molecule has 1 atom stereocenters. The molecule has 1 aromatic carbocycles. The lowest BCUT2D eigenvalue weighted by Crippen LogP contribution is -2.30. The van der Waals surface area contributed by atoms with Crippen LogP contribution in [0.4, 0.5) is 0 Å². The molecule has 2 heterocycles. The summed E-state index contributed by atoms with van der Waals surface area (Å²) >= 11 is 0. The first-order valence-electron chi connectivity index (χ1n) is 9.78. The number of aromatic nitrogens is 3. The van der Waals surface area contributed by atoms with Gasteiger partial charge in [0.05, 0.1) is 25.4 Å². The molecular formula is C20H30ClN5O2. The van der Waals surface area contributed by atoms with Crippen molar-refractivity contribution < 1.29 is 9.53 Å². The number of amides is 1. The van der Waals surface area contributed by atoms with Gasteiger partial charge in [-0.2, -0.15) is 0 Å². The maximum atomic E-state index is 12.7. The molecule has 1 amide bonds. The lowest BCUT2D eigenvalue weighted by molar-refractivity contribution is 0.0929. The Morgan fingerprint density at radius 2 is 2.04 bits per heavy atom. The lowest BCUT2D eigenvalue weighted by atomic mass is 10.0. The molecule has 8 heteroatoms. The molecule has 2 N–H and O–H groups in total. The number of unbranched alkanes of at least 4 members (excludes halogenated alkanes) is 1. The highest BCUT2D eigenvalue weighted by atomic mass is 35.5. The number of benzene rings is 1. The Morgan fingerprint density at radius 3 is 2.68 bits per heavy atom. The van der Waals surface area contributed by atoms with Crippen LogP contribution in [-0.4, -0.2) is 41.1 Å². The number of hydrogen-bond acceptors (Lipinski definition) is 5. The van der Waals surface area contributed by atoms with E-state index in [0.29, 0.717) is 11.7 Å². The number of rotatable bonds is 8. The summed E-state index contributed by atoms with van der Waals surface area (Å²) in [5, 5.41) is 14.8. The summed E-state index contributed by atoms with van der Waals surface area (Å²) in [7, 11) is 1.65. The van der Waals surface area contributed by atoms with E-state index in [-0.39, 0.29) is 24.4 Å². The van der Waals surface area contributed by atoms with Crippen molar-refractivity contribution >= 4 is 18.3 Å². The molecule has 154 valence electrons. The number of nitrogens with zero attached hydrogens (tertiary/aromatic N) is 3. The third-order valence-electron chi connectivity index (χ3n) is 5.10. The number of halogens is 1. The Morgan fingerprint density at radius 1 is 1.32 bits per heavy atom. The van der Waals surface area contributed by atoms with Crippen LogP contribution in [0.25, 0.3) is 0 Å². The molecular weight excluding hydrogens is 378 g/mol. The van der Waals surface area contributed by atoms with Crippen molar-refractivity contribution in [3.63, 3.8) is 0 Å². The number of carbonyl (C=O) groups excluding carboxylic acids is 1. The van der Waals surface area contributed by atoms with E-state index in [2.05, 4.69) is 27.9 Å². The van der Waals surface area contributed by atoms with Gasteiger partial charge in [0.15, 0.2) is 5.69 Å². The van der Waals surface area contributed by atoms with Crippen molar-refractivity contribution in [3.05, 3.63) is 41.7 Å². The molecule has 28 heavy (non-hydrogen) atoms. The molecule has 1 saturated heterocycles. The summed E-state index contributed by atoms with van der Waals surface area (Å²) in [5.41, 5.74) is 1.45. The fourth-order valence-electron chi connectivity index (χ4n) is 3.43. The van der Waals surface area contributed by atoms with Crippen molar-refractivity contribution in [3.8, 4) is 5.75 Å². The van der Waals surface area contributed by atoms with Crippen LogP contribution in [-0.2, 0) is 0 Å². The zero-order valence-electron chi connectivity index (χ0n) is 16.6. The quantitative estimate of drug-likeness (QED) is 0.701. The normalized spacial score (nSPS) is 15.5. The molecule has 2 aromatic rings. The van der Waals surface area contributed by atoms with Gasteiger partial charge in [-0.3, -0.25) is 4.79 Å². The van der Waals surface area contributed by atoms with Crippen LogP contribution in [0, 0.1) is 0 Å². The van der Waals surface area contributed by atoms with Gasteiger partial charge in [0.2, 0.25) is 0 Å². The molecule has 1 aliphatic heterocycles. The van der Waals surface area contributed by atoms with E-state index in [9.17, 15) is 4.79 Å². The SMILES string of the molecule is CCCCC(NC(=O)c1cn(C2CCNCC2)nn1)c1ccc(OC)cc1.Cl. The van der Waals surface area contributed by atoms with Gasteiger partial charge in [0.1, 0.15) is 5.75 Å². The molecule has 0 saturated carbocycles. The van der Waals surface area contributed by atoms with Gasteiger partial charge in [0, 0.05) is 0 Å². The average Bonchev–Trinajstić information content (AvgIpc) is 3.22. The molecule has 0 spiro atoms. The first-order valence-corrected chi connectivity index (χ1v) is 9.78. The Labute approximate surface area is 172 Å². The van der Waals surface area contributed by atoms with Crippen LogP contribution in [0.2, 0.25) is 0 Å². The van der Waals surface area contributed by atoms with Gasteiger partial charge in [-0.25, -0.2) is 4.68 Å². The highest BCUT2D eigenvalue weighted by molar-refractivity contribution is 5.92. The Kier molecular flexibility index (Phi) is 8.73. The fraction of sp³-hybridized carbons (Fsp3) is 0.550. The van der Waals surface area contributed by atoms with E-state index < -0.39 is 0 Å². The number of methoxy groups -OCH3 is 1. The maximum Gasteiger partial charge on any atom is 0.273 e. The summed E-state index contributed by atoms with van der Waals surface area (Å²) in [6, 6.07) is 8.13. The highest BCUT2D eigenvalue weighted by Crippen LogP contribution is 2.23. The van der Waals surface area contributed by atoms with E-state index in [1.807, 2.05) is 28.9 Å². The monoisotopic (exact) mass is 407 g/mol. The molecule has 1 fully saturated rings. The maximum absolute atomic E-state index is 12.7. The second-order valence-electron chi connectivity index (χ2n) is 7.01. The smallest absolute Gasteiger partial charge is 0.273 e. The Bertz CT molecular complexity index is 728. The third kappa shape index (κ3) is 5.69. The molecule has 1 unspecified atom stereocenters. The zero-order chi connectivity index (χ0) is 19.1. The number of nitrogens with one attached hydrogen (secondary N) is 2. The van der Waals surface area contributed by atoms with Crippen LogP contribution >= 0.6 is 12.4 Å². The summed E-state index contributed by atoms with van der Waals surface area (Å²) < 4.78 is 7.07. The van der Waals surface area contributed by atoms with E-state index >= 15 is 0 Å². The van der Waals surface area contributed by atoms with Gasteiger partial charge < -0.3 is 15.4 Å². The van der Waals surface area contributed by atoms with E-state index in [1.54, 1.807) is 13.3 Å². The molecule has 0 radical (unpaired) electrons. The average molecular weight is 408 g/mol. The van der Waals surface area contributed by atoms with Gasteiger partial charge in [0.25, 0.3) is 5.91 Å². The van der Waals surface area contributed by atoms with E-state index in [1.165, 1.54) is 0 Å². The summed E-state index contributed by atoms with van der Waals surface area (Å²) in [5.74, 6) is 0.635. The summed E-state index contributed by atoms with van der Waals surface area (Å²) in [6.45, 7) is 4.10. The highest BCUT2D eigenvalue weighted by Gasteiger charge is 2.21. The molecule has 3 rings (SSSR count). The number of hydrogen-bond donors (Lipinski definition) is 2. The number of carbonyl (C=O) groups is 1. The summed E-state index contributed by atoms with van der Waals surface area (Å²) in [4.78, 5) is 12.7. The van der Waals surface area contributed by atoms with Crippen molar-refractivity contribution in [2.45, 2.75) is 51.1 Å². The molecule has 0 bridgehead atoms. The van der Waals surface area contributed by atoms with E-state index in [0.717, 1.165) is 56.5 Å². The van der Waals surface area contributed by atoms with Crippen LogP contribution < -0.4 is 15.4 Å². The van der Waals surface area contributed by atoms with Crippen LogP contribution in [0.1, 0.15) is 67.2 Å². The molecule has 7 nitrogen and oxygen atoms in total. The minimum atomic E-state index is -0.174. The number of piperidine rings is 1. The zero-order valence-corrected chi connectivity index (χ0v) is 17.4. The summed E-state index contributed by atoms with van der Waals surface area (Å²) in [6.07, 6.45) is 6.80. The van der Waals surface area contributed by atoms with Crippen LogP contribution in [0.5, 0.6) is 5.75 Å². The van der Waals surface area contributed by atoms with Crippen molar-refractivity contribution in [1.82, 2.24) is 25.6 Å². The fourth-order valence-corrected chi connectivity index (χ4v) is 3.43. The number of ether oxygens (including phenoxy) is 1. The van der Waals surface area contributed by atoms with Gasteiger partial charge in [-0.1, -0.05) is 37.1 Å². The third-order valence-corrected chi connectivity index (χ3v) is 5.10. The van der Waals surface area contributed by atoms with Gasteiger partial charge in [-0.15, -0.1) is 17.5 Å². The first-order chi connectivity index (χ1) is 13.2. The van der Waals surface area contributed by atoms with E-state index in [4.69, 9.17) is 4.74 Å². The Hall–Kier alpha value is -2.12. The standard InChI is InChI=1S/C20H29N5O2.ClH/c1-3-4-5-18(15-6-8-17(27-2)9-7-15)22-20(26)19-14-25(24-23-19)16-10-12-21-13-11-16;/h6-9,14,16,18,21H,3-5,10-13H2,1-2H3,(H,22,26);1H. The van der Waals surface area contributed by atoms with Crippen molar-refractivity contribution in [2.24, 2.45) is 0 Å². The van der Waals surface area contributed by atoms with Gasteiger partial charge >= 0.3 is 0 Å². The molecule has 1 aliphatic rings. The van der Waals surface area contributed by atoms with Crippen molar-refractivity contribution in [1.29, 1.82) is 0 Å². The van der Waals surface area contributed by atoms with Crippen molar-refractivity contribution in [2.75, 3.05) is 20.2 Å². The largest absolute Gasteiger partial charge is 0.497 e. The Balaban J connectivity index is 0.00000280. The van der Waals surface area contributed by atoms with Crippen LogP contribution in [0.15, 0.2) is 30.5 Å². The molecule has 0 aliphatic carbocycles. The second kappa shape index (κ2) is 11.0. The topological polar surface area (TPSA) is 81.1 Å². The predicted octanol–water partition coefficient (Wildman–Crippen LogP) is 3.29. The minimum Gasteiger partial charge on any atom is -0.497 e. The minimum absolute atomic E-state index is 0. The molecule has 1 aromatic heterocycles. The van der Waals surface area contributed by atoms with Crippen LogP contribution in [0.3, 0.4) is 0 Å². The lowest BCUT2D eigenvalue weighted by Gasteiger charge is -2.22. The van der Waals surface area contributed by atoms with Gasteiger partial charge in [-0.05, 0) is 50.0 Å². The second-order valence-corrected chi connectivity index (χ2v) is 7.01. The first kappa shape index (κ1) is 22.2.